The van der Waals surface area contributed by atoms with E-state index in [1.807, 2.05) is 25.1 Å². The Morgan fingerprint density at radius 2 is 2.00 bits per heavy atom. The second kappa shape index (κ2) is 6.03. The molecular weight excluding hydrogens is 214 g/mol. The van der Waals surface area contributed by atoms with Crippen LogP contribution in [0.1, 0.15) is 31.0 Å². The van der Waals surface area contributed by atoms with Crippen LogP contribution in [0.25, 0.3) is 0 Å². The minimum absolute atomic E-state index is 0.0469. The number of nitrogens with two attached hydrogens (primary N) is 1. The largest absolute Gasteiger partial charge is 0.496 e. The van der Waals surface area contributed by atoms with Crippen LogP contribution in [-0.4, -0.2) is 18.8 Å². The van der Waals surface area contributed by atoms with Crippen molar-refractivity contribution in [1.82, 2.24) is 0 Å². The van der Waals surface area contributed by atoms with Crippen LogP contribution in [0.5, 0.6) is 5.75 Å². The van der Waals surface area contributed by atoms with Crippen LogP contribution in [0.3, 0.4) is 0 Å². The molecule has 3 heteroatoms. The minimum Gasteiger partial charge on any atom is -0.496 e. The van der Waals surface area contributed by atoms with E-state index in [4.69, 9.17) is 10.5 Å². The molecule has 0 aromatic heterocycles. The molecule has 1 aromatic rings. The van der Waals surface area contributed by atoms with Crippen LogP contribution >= 0.6 is 0 Å². The first-order chi connectivity index (χ1) is 8.01. The van der Waals surface area contributed by atoms with E-state index >= 15 is 0 Å². The fraction of sp³-hybridized carbons (Fsp3) is 0.571. The number of methoxy groups -OCH3 is 1. The van der Waals surface area contributed by atoms with Gasteiger partial charge >= 0.3 is 0 Å². The summed E-state index contributed by atoms with van der Waals surface area (Å²) in [5.74, 6) is 1.17. The third-order valence-electron chi connectivity index (χ3n) is 3.27. The highest BCUT2D eigenvalue weighted by atomic mass is 16.5. The van der Waals surface area contributed by atoms with E-state index in [1.54, 1.807) is 7.11 Å². The van der Waals surface area contributed by atoms with Gasteiger partial charge in [0.25, 0.3) is 0 Å². The van der Waals surface area contributed by atoms with Crippen molar-refractivity contribution in [3.8, 4) is 5.75 Å². The highest BCUT2D eigenvalue weighted by molar-refractivity contribution is 5.39. The van der Waals surface area contributed by atoms with Crippen LogP contribution in [0.15, 0.2) is 18.2 Å². The lowest BCUT2D eigenvalue weighted by molar-refractivity contribution is 0.164. The number of aliphatic hydroxyl groups excluding tert-OH is 1. The van der Waals surface area contributed by atoms with Gasteiger partial charge in [-0.3, -0.25) is 0 Å². The molecule has 0 radical (unpaired) electrons. The number of aliphatic hydroxyl groups is 1. The second-order valence-electron chi connectivity index (χ2n) is 4.86. The van der Waals surface area contributed by atoms with E-state index in [2.05, 4.69) is 13.8 Å². The van der Waals surface area contributed by atoms with Crippen LogP contribution in [0.4, 0.5) is 0 Å². The van der Waals surface area contributed by atoms with E-state index in [0.29, 0.717) is 5.92 Å². The van der Waals surface area contributed by atoms with Crippen molar-refractivity contribution in [3.05, 3.63) is 29.3 Å². The molecule has 3 nitrogen and oxygen atoms in total. The Balaban J connectivity index is 3.08. The summed E-state index contributed by atoms with van der Waals surface area (Å²) in [4.78, 5) is 0. The summed E-state index contributed by atoms with van der Waals surface area (Å²) in [5, 5.41) is 9.44. The number of benzene rings is 1. The van der Waals surface area contributed by atoms with Crippen molar-refractivity contribution in [2.45, 2.75) is 26.8 Å². The number of aryl methyl sites for hydroxylation is 1. The molecule has 2 atom stereocenters. The maximum atomic E-state index is 9.44. The zero-order chi connectivity index (χ0) is 13.0. The van der Waals surface area contributed by atoms with Gasteiger partial charge < -0.3 is 15.6 Å². The molecule has 0 aliphatic rings. The predicted molar refractivity (Wildman–Crippen MR) is 70.1 cm³/mol. The maximum Gasteiger partial charge on any atom is 0.123 e. The van der Waals surface area contributed by atoms with E-state index in [9.17, 15) is 5.11 Å². The molecule has 0 amide bonds. The van der Waals surface area contributed by atoms with Crippen molar-refractivity contribution in [2.24, 2.45) is 17.6 Å². The van der Waals surface area contributed by atoms with Gasteiger partial charge in [-0.2, -0.15) is 0 Å². The normalized spacial score (nSPS) is 14.8. The lowest BCUT2D eigenvalue weighted by atomic mass is 9.85. The third kappa shape index (κ3) is 3.20. The monoisotopic (exact) mass is 237 g/mol. The summed E-state index contributed by atoms with van der Waals surface area (Å²) < 4.78 is 5.33. The molecular formula is C14H23NO2. The quantitative estimate of drug-likeness (QED) is 0.826. The van der Waals surface area contributed by atoms with E-state index in [-0.39, 0.29) is 18.6 Å². The van der Waals surface area contributed by atoms with E-state index < -0.39 is 0 Å². The minimum atomic E-state index is -0.199. The van der Waals surface area contributed by atoms with Gasteiger partial charge in [-0.25, -0.2) is 0 Å². The van der Waals surface area contributed by atoms with Crippen molar-refractivity contribution < 1.29 is 9.84 Å². The zero-order valence-electron chi connectivity index (χ0n) is 11.1. The predicted octanol–water partition coefficient (Wildman–Crippen LogP) is 2.27. The standard InChI is InChI=1S/C14H23NO2/c1-9(2)12(8-16)14(15)11-7-10(3)5-6-13(11)17-4/h5-7,9,12,14,16H,8,15H2,1-4H3. The van der Waals surface area contributed by atoms with Crippen LogP contribution in [0, 0.1) is 18.8 Å². The number of hydrogen-bond acceptors (Lipinski definition) is 3. The first kappa shape index (κ1) is 14.0. The van der Waals surface area contributed by atoms with Crippen molar-refractivity contribution in [3.63, 3.8) is 0 Å². The Bertz CT molecular complexity index is 363. The average molecular weight is 237 g/mol. The molecule has 1 rings (SSSR count). The maximum absolute atomic E-state index is 9.44. The summed E-state index contributed by atoms with van der Waals surface area (Å²) in [7, 11) is 1.64. The molecule has 0 saturated heterocycles. The van der Waals surface area contributed by atoms with Gasteiger partial charge in [0.1, 0.15) is 5.75 Å². The van der Waals surface area contributed by atoms with Gasteiger partial charge in [0, 0.05) is 24.1 Å². The SMILES string of the molecule is COc1ccc(C)cc1C(N)C(CO)C(C)C. The Labute approximate surface area is 104 Å². The number of rotatable bonds is 5. The second-order valence-corrected chi connectivity index (χ2v) is 4.86. The van der Waals surface area contributed by atoms with Gasteiger partial charge in [-0.15, -0.1) is 0 Å². The molecule has 0 fully saturated rings. The first-order valence-corrected chi connectivity index (χ1v) is 6.02. The topological polar surface area (TPSA) is 55.5 Å². The van der Waals surface area contributed by atoms with Gasteiger partial charge in [0.05, 0.1) is 7.11 Å². The fourth-order valence-electron chi connectivity index (χ4n) is 2.08. The van der Waals surface area contributed by atoms with Gasteiger partial charge in [0.15, 0.2) is 0 Å². The molecule has 0 saturated carbocycles. The van der Waals surface area contributed by atoms with Crippen molar-refractivity contribution in [2.75, 3.05) is 13.7 Å². The molecule has 0 heterocycles. The van der Waals surface area contributed by atoms with Crippen LogP contribution in [0.2, 0.25) is 0 Å². The zero-order valence-corrected chi connectivity index (χ0v) is 11.1. The Kier molecular flexibility index (Phi) is 4.97. The van der Waals surface area contributed by atoms with Gasteiger partial charge in [0.2, 0.25) is 0 Å². The Morgan fingerprint density at radius 1 is 1.35 bits per heavy atom. The molecule has 17 heavy (non-hydrogen) atoms. The molecule has 0 aliphatic heterocycles. The first-order valence-electron chi connectivity index (χ1n) is 6.02. The van der Waals surface area contributed by atoms with Gasteiger partial charge in [-0.05, 0) is 18.9 Å². The van der Waals surface area contributed by atoms with E-state index in [1.165, 1.54) is 0 Å². The number of ether oxygens (including phenoxy) is 1. The number of hydrogen-bond donors (Lipinski definition) is 2. The summed E-state index contributed by atoms with van der Waals surface area (Å²) in [6, 6.07) is 5.77. The fourth-order valence-corrected chi connectivity index (χ4v) is 2.08. The molecule has 2 unspecified atom stereocenters. The van der Waals surface area contributed by atoms with E-state index in [0.717, 1.165) is 16.9 Å². The van der Waals surface area contributed by atoms with Crippen LogP contribution in [-0.2, 0) is 0 Å². The molecule has 3 N–H and O–H groups in total. The third-order valence-corrected chi connectivity index (χ3v) is 3.27. The summed E-state index contributed by atoms with van der Waals surface area (Å²) >= 11 is 0. The Hall–Kier alpha value is -1.06. The van der Waals surface area contributed by atoms with Crippen molar-refractivity contribution >= 4 is 0 Å². The molecule has 96 valence electrons. The average Bonchev–Trinajstić information content (AvgIpc) is 2.29. The lowest BCUT2D eigenvalue weighted by Crippen LogP contribution is -2.28. The molecule has 0 bridgehead atoms. The molecule has 1 aromatic carbocycles. The van der Waals surface area contributed by atoms with Gasteiger partial charge in [-0.1, -0.05) is 31.5 Å². The van der Waals surface area contributed by atoms with Crippen molar-refractivity contribution in [1.29, 1.82) is 0 Å². The highest BCUT2D eigenvalue weighted by Crippen LogP contribution is 2.32. The summed E-state index contributed by atoms with van der Waals surface area (Å²) in [6.45, 7) is 6.26. The summed E-state index contributed by atoms with van der Waals surface area (Å²) in [5.41, 5.74) is 8.38. The highest BCUT2D eigenvalue weighted by Gasteiger charge is 2.24. The lowest BCUT2D eigenvalue weighted by Gasteiger charge is -2.27. The molecule has 0 aliphatic carbocycles. The smallest absolute Gasteiger partial charge is 0.123 e. The Morgan fingerprint density at radius 3 is 2.47 bits per heavy atom. The summed E-state index contributed by atoms with van der Waals surface area (Å²) in [6.07, 6.45) is 0. The van der Waals surface area contributed by atoms with Crippen LogP contribution < -0.4 is 10.5 Å². The molecule has 0 spiro atoms.